The van der Waals surface area contributed by atoms with E-state index in [1.54, 1.807) is 17.4 Å². The number of pyridine rings is 1. The number of fused-ring (bicyclic) bond motifs is 1. The summed E-state index contributed by atoms with van der Waals surface area (Å²) in [6, 6.07) is 5.85. The molecular weight excluding hydrogens is 342 g/mol. The van der Waals surface area contributed by atoms with Gasteiger partial charge in [-0.15, -0.1) is 0 Å². The zero-order valence-electron chi connectivity index (χ0n) is 15.8. The Hall–Kier alpha value is -2.70. The number of amides is 2. The summed E-state index contributed by atoms with van der Waals surface area (Å²) in [5.74, 6) is -0.233. The average Bonchev–Trinajstić information content (AvgIpc) is 3.33. The van der Waals surface area contributed by atoms with E-state index in [0.717, 1.165) is 37.3 Å². The van der Waals surface area contributed by atoms with Gasteiger partial charge in [0.15, 0.2) is 5.82 Å². The molecule has 1 atom stereocenters. The van der Waals surface area contributed by atoms with E-state index in [1.807, 2.05) is 23.1 Å². The predicted molar refractivity (Wildman–Crippen MR) is 101 cm³/mol. The minimum absolute atomic E-state index is 0.0503. The predicted octanol–water partition coefficient (Wildman–Crippen LogP) is 2.19. The Labute approximate surface area is 159 Å². The second-order valence-electron chi connectivity index (χ2n) is 7.55. The van der Waals surface area contributed by atoms with Crippen molar-refractivity contribution in [3.8, 4) is 0 Å². The summed E-state index contributed by atoms with van der Waals surface area (Å²) >= 11 is 0. The molecule has 1 saturated heterocycles. The quantitative estimate of drug-likeness (QED) is 0.777. The number of carbonyl (C=O) groups excluding carboxylic acids is 2. The maximum absolute atomic E-state index is 13.3. The maximum Gasteiger partial charge on any atom is 0.241 e. The number of likely N-dealkylation sites (tertiary alicyclic amines) is 1. The molecular formula is C20H25N5O2. The normalized spacial score (nSPS) is 19.7. The van der Waals surface area contributed by atoms with Crippen LogP contribution in [-0.4, -0.2) is 44.3 Å². The van der Waals surface area contributed by atoms with Gasteiger partial charge < -0.3 is 9.47 Å². The van der Waals surface area contributed by atoms with E-state index in [9.17, 15) is 9.59 Å². The number of hydrogen-bond donors (Lipinski definition) is 0. The Kier molecular flexibility index (Phi) is 4.68. The van der Waals surface area contributed by atoms with Crippen molar-refractivity contribution in [1.29, 1.82) is 0 Å². The van der Waals surface area contributed by atoms with E-state index in [4.69, 9.17) is 0 Å². The van der Waals surface area contributed by atoms with Crippen molar-refractivity contribution >= 4 is 17.6 Å². The lowest BCUT2D eigenvalue weighted by Gasteiger charge is -2.33. The van der Waals surface area contributed by atoms with Crippen LogP contribution in [0.1, 0.15) is 44.1 Å². The molecule has 0 saturated carbocycles. The highest BCUT2D eigenvalue weighted by Gasteiger charge is 2.42. The minimum atomic E-state index is -0.673. The molecule has 2 aliphatic heterocycles. The number of carbonyl (C=O) groups is 2. The van der Waals surface area contributed by atoms with E-state index < -0.39 is 5.92 Å². The highest BCUT2D eigenvalue weighted by Crippen LogP contribution is 2.33. The van der Waals surface area contributed by atoms with Gasteiger partial charge in [0.05, 0.1) is 24.3 Å². The van der Waals surface area contributed by atoms with Gasteiger partial charge in [0, 0.05) is 31.7 Å². The highest BCUT2D eigenvalue weighted by atomic mass is 16.2. The first-order valence-corrected chi connectivity index (χ1v) is 9.62. The van der Waals surface area contributed by atoms with Crippen molar-refractivity contribution in [1.82, 2.24) is 19.4 Å². The van der Waals surface area contributed by atoms with E-state index in [0.29, 0.717) is 18.8 Å². The van der Waals surface area contributed by atoms with E-state index in [-0.39, 0.29) is 17.9 Å². The van der Waals surface area contributed by atoms with Gasteiger partial charge in [0.25, 0.3) is 0 Å². The van der Waals surface area contributed by atoms with Crippen LogP contribution in [0, 0.1) is 5.92 Å². The topological polar surface area (TPSA) is 71.3 Å². The Morgan fingerprint density at radius 1 is 1.22 bits per heavy atom. The van der Waals surface area contributed by atoms with Crippen LogP contribution in [0.3, 0.4) is 0 Å². The molecule has 2 aromatic heterocycles. The fourth-order valence-electron chi connectivity index (χ4n) is 3.97. The summed E-state index contributed by atoms with van der Waals surface area (Å²) in [5.41, 5.74) is 1.74. The minimum Gasteiger partial charge on any atom is -0.342 e. The van der Waals surface area contributed by atoms with Crippen molar-refractivity contribution < 1.29 is 9.59 Å². The molecule has 2 aliphatic rings. The largest absolute Gasteiger partial charge is 0.342 e. The average molecular weight is 367 g/mol. The Morgan fingerprint density at radius 2 is 2.00 bits per heavy atom. The molecule has 142 valence electrons. The monoisotopic (exact) mass is 367 g/mol. The first kappa shape index (κ1) is 17.7. The van der Waals surface area contributed by atoms with Crippen LogP contribution in [0.5, 0.6) is 0 Å². The third-order valence-corrected chi connectivity index (χ3v) is 5.41. The molecule has 0 radical (unpaired) electrons. The molecule has 1 fully saturated rings. The fourth-order valence-corrected chi connectivity index (χ4v) is 3.97. The van der Waals surface area contributed by atoms with Gasteiger partial charge in [-0.2, -0.15) is 0 Å². The summed E-state index contributed by atoms with van der Waals surface area (Å²) in [7, 11) is 0. The number of hydrogen-bond acceptors (Lipinski definition) is 4. The zero-order valence-corrected chi connectivity index (χ0v) is 15.8. The lowest BCUT2D eigenvalue weighted by atomic mass is 9.95. The van der Waals surface area contributed by atoms with Crippen LogP contribution in [0.25, 0.3) is 0 Å². The maximum atomic E-state index is 13.3. The first-order valence-electron chi connectivity index (χ1n) is 9.62. The molecule has 2 aromatic rings. The molecule has 0 N–H and O–H groups in total. The number of aromatic nitrogens is 3. The second-order valence-corrected chi connectivity index (χ2v) is 7.55. The molecule has 0 aromatic carbocycles. The molecule has 0 aliphatic carbocycles. The van der Waals surface area contributed by atoms with Gasteiger partial charge in [-0.3, -0.25) is 19.5 Å². The third kappa shape index (κ3) is 3.22. The Bertz CT molecular complexity index is 839. The standard InChI is InChI=1S/C20H25N5O2/c1-14(2)25-13-22-18-17(25)11-16(19(26)23-9-5-6-10-23)20(27)24(18)12-15-7-3-4-8-21-15/h3-4,7-8,13-14,16H,5-6,9-12H2,1-2H3. The molecule has 7 nitrogen and oxygen atoms in total. The van der Waals surface area contributed by atoms with Crippen molar-refractivity contribution in [2.24, 2.45) is 5.92 Å². The lowest BCUT2D eigenvalue weighted by Crippen LogP contribution is -2.48. The van der Waals surface area contributed by atoms with E-state index in [1.165, 1.54) is 0 Å². The van der Waals surface area contributed by atoms with Crippen molar-refractivity contribution in [2.45, 2.75) is 45.7 Å². The van der Waals surface area contributed by atoms with Gasteiger partial charge in [-0.1, -0.05) is 6.07 Å². The lowest BCUT2D eigenvalue weighted by molar-refractivity contribution is -0.140. The van der Waals surface area contributed by atoms with Gasteiger partial charge in [0.2, 0.25) is 11.8 Å². The number of imidazole rings is 1. The molecule has 27 heavy (non-hydrogen) atoms. The SMILES string of the molecule is CC(C)n1cnc2c1CC(C(=O)N1CCCC1)C(=O)N2Cc1ccccn1. The molecule has 2 amide bonds. The Balaban J connectivity index is 1.70. The van der Waals surface area contributed by atoms with Crippen molar-refractivity contribution in [3.63, 3.8) is 0 Å². The van der Waals surface area contributed by atoms with E-state index >= 15 is 0 Å². The molecule has 4 rings (SSSR count). The van der Waals surface area contributed by atoms with Crippen LogP contribution in [0.4, 0.5) is 5.82 Å². The summed E-state index contributed by atoms with van der Waals surface area (Å²) < 4.78 is 2.07. The molecule has 0 spiro atoms. The second kappa shape index (κ2) is 7.13. The summed E-state index contributed by atoms with van der Waals surface area (Å²) in [6.45, 7) is 5.99. The van der Waals surface area contributed by atoms with Crippen molar-refractivity contribution in [3.05, 3.63) is 42.1 Å². The molecule has 4 heterocycles. The van der Waals surface area contributed by atoms with Gasteiger partial charge >= 0.3 is 0 Å². The van der Waals surface area contributed by atoms with Crippen LogP contribution >= 0.6 is 0 Å². The van der Waals surface area contributed by atoms with Crippen LogP contribution in [0.15, 0.2) is 30.7 Å². The summed E-state index contributed by atoms with van der Waals surface area (Å²) in [6.07, 6.45) is 5.93. The van der Waals surface area contributed by atoms with Crippen LogP contribution in [-0.2, 0) is 22.6 Å². The van der Waals surface area contributed by atoms with Crippen molar-refractivity contribution in [2.75, 3.05) is 18.0 Å². The first-order chi connectivity index (χ1) is 13.1. The van der Waals surface area contributed by atoms with Gasteiger partial charge in [0.1, 0.15) is 5.92 Å². The number of nitrogens with zero attached hydrogens (tertiary/aromatic N) is 5. The Morgan fingerprint density at radius 3 is 2.67 bits per heavy atom. The summed E-state index contributed by atoms with van der Waals surface area (Å²) in [5, 5.41) is 0. The smallest absolute Gasteiger partial charge is 0.241 e. The van der Waals surface area contributed by atoms with Gasteiger partial charge in [-0.05, 0) is 38.8 Å². The molecule has 7 heteroatoms. The zero-order chi connectivity index (χ0) is 19.0. The molecule has 0 bridgehead atoms. The third-order valence-electron chi connectivity index (χ3n) is 5.41. The van der Waals surface area contributed by atoms with Gasteiger partial charge in [-0.25, -0.2) is 4.98 Å². The van der Waals surface area contributed by atoms with Crippen LogP contribution < -0.4 is 4.90 Å². The summed E-state index contributed by atoms with van der Waals surface area (Å²) in [4.78, 5) is 38.7. The number of rotatable bonds is 4. The fraction of sp³-hybridized carbons (Fsp3) is 0.500. The highest BCUT2D eigenvalue weighted by molar-refractivity contribution is 6.09. The molecule has 1 unspecified atom stereocenters. The van der Waals surface area contributed by atoms with Crippen LogP contribution in [0.2, 0.25) is 0 Å². The van der Waals surface area contributed by atoms with E-state index in [2.05, 4.69) is 28.4 Å². The number of anilines is 1.